The van der Waals surface area contributed by atoms with Gasteiger partial charge in [0.2, 0.25) is 0 Å². The highest BCUT2D eigenvalue weighted by Crippen LogP contribution is 2.28. The first-order valence-corrected chi connectivity index (χ1v) is 5.18. The lowest BCUT2D eigenvalue weighted by molar-refractivity contribution is 0.412. The van der Waals surface area contributed by atoms with Gasteiger partial charge in [0.05, 0.1) is 11.6 Å². The van der Waals surface area contributed by atoms with E-state index in [1.807, 2.05) is 24.3 Å². The lowest BCUT2D eigenvalue weighted by Gasteiger charge is -2.11. The van der Waals surface area contributed by atoms with Gasteiger partial charge in [0.15, 0.2) is 0 Å². The topological polar surface area (TPSA) is 35.2 Å². The fourth-order valence-electron chi connectivity index (χ4n) is 1.23. The van der Waals surface area contributed by atoms with Gasteiger partial charge in [-0.2, -0.15) is 0 Å². The van der Waals surface area contributed by atoms with E-state index in [2.05, 4.69) is 22.5 Å². The van der Waals surface area contributed by atoms with E-state index in [0.29, 0.717) is 0 Å². The van der Waals surface area contributed by atoms with Gasteiger partial charge < -0.3 is 10.5 Å². The molecule has 0 heterocycles. The van der Waals surface area contributed by atoms with Crippen LogP contribution in [0.5, 0.6) is 5.75 Å². The predicted octanol–water partition coefficient (Wildman–Crippen LogP) is 3.03. The second-order valence-electron chi connectivity index (χ2n) is 3.02. The second-order valence-corrected chi connectivity index (χ2v) is 3.88. The van der Waals surface area contributed by atoms with Crippen molar-refractivity contribution in [3.63, 3.8) is 0 Å². The maximum Gasteiger partial charge on any atom is 0.133 e. The van der Waals surface area contributed by atoms with E-state index in [1.54, 1.807) is 7.11 Å². The first-order valence-electron chi connectivity index (χ1n) is 4.39. The zero-order chi connectivity index (χ0) is 10.6. The summed E-state index contributed by atoms with van der Waals surface area (Å²) in [5.41, 5.74) is 7.01. The van der Waals surface area contributed by atoms with Crippen molar-refractivity contribution >= 4 is 15.9 Å². The van der Waals surface area contributed by atoms with Crippen molar-refractivity contribution in [1.82, 2.24) is 0 Å². The number of hydrogen-bond donors (Lipinski definition) is 1. The Balaban J connectivity index is 2.90. The van der Waals surface area contributed by atoms with Crippen molar-refractivity contribution in [2.24, 2.45) is 5.73 Å². The molecule has 0 bridgehead atoms. The summed E-state index contributed by atoms with van der Waals surface area (Å²) < 4.78 is 6.06. The third-order valence-corrected chi connectivity index (χ3v) is 2.64. The second kappa shape index (κ2) is 5.17. The number of hydrogen-bond acceptors (Lipinski definition) is 2. The van der Waals surface area contributed by atoms with E-state index < -0.39 is 0 Å². The first-order chi connectivity index (χ1) is 6.69. The van der Waals surface area contributed by atoms with Crippen LogP contribution in [0.25, 0.3) is 0 Å². The average molecular weight is 256 g/mol. The highest BCUT2D eigenvalue weighted by atomic mass is 79.9. The van der Waals surface area contributed by atoms with Crippen molar-refractivity contribution in [2.45, 2.75) is 12.5 Å². The van der Waals surface area contributed by atoms with E-state index in [4.69, 9.17) is 10.5 Å². The van der Waals surface area contributed by atoms with Gasteiger partial charge in [-0.3, -0.25) is 0 Å². The summed E-state index contributed by atoms with van der Waals surface area (Å²) in [4.78, 5) is 0. The molecule has 14 heavy (non-hydrogen) atoms. The van der Waals surface area contributed by atoms with Crippen LogP contribution >= 0.6 is 15.9 Å². The van der Waals surface area contributed by atoms with Gasteiger partial charge in [0, 0.05) is 6.04 Å². The van der Waals surface area contributed by atoms with E-state index in [-0.39, 0.29) is 6.04 Å². The third-order valence-electron chi connectivity index (χ3n) is 2.02. The Labute approximate surface area is 92.9 Å². The van der Waals surface area contributed by atoms with Gasteiger partial charge >= 0.3 is 0 Å². The Hall–Kier alpha value is -0.800. The van der Waals surface area contributed by atoms with Crippen LogP contribution in [0.15, 0.2) is 35.3 Å². The summed E-state index contributed by atoms with van der Waals surface area (Å²) >= 11 is 3.42. The van der Waals surface area contributed by atoms with E-state index in [0.717, 1.165) is 22.2 Å². The zero-order valence-corrected chi connectivity index (χ0v) is 9.75. The molecule has 1 aromatic rings. The molecule has 0 unspecified atom stereocenters. The molecule has 0 aliphatic rings. The highest BCUT2D eigenvalue weighted by Gasteiger charge is 2.06. The van der Waals surface area contributed by atoms with Gasteiger partial charge in [0.1, 0.15) is 5.75 Å². The average Bonchev–Trinajstić information content (AvgIpc) is 2.18. The quantitative estimate of drug-likeness (QED) is 0.840. The molecule has 0 amide bonds. The minimum Gasteiger partial charge on any atom is -0.496 e. The van der Waals surface area contributed by atoms with Crippen LogP contribution in [-0.4, -0.2) is 7.11 Å². The molecular weight excluding hydrogens is 242 g/mol. The SMILES string of the molecule is C=CC[C@@H](N)c1ccc(OC)c(Br)c1. The molecule has 2 nitrogen and oxygen atoms in total. The van der Waals surface area contributed by atoms with Crippen LogP contribution in [0.4, 0.5) is 0 Å². The van der Waals surface area contributed by atoms with Crippen LogP contribution < -0.4 is 10.5 Å². The summed E-state index contributed by atoms with van der Waals surface area (Å²) in [6.45, 7) is 3.67. The number of nitrogens with two attached hydrogens (primary N) is 1. The highest BCUT2D eigenvalue weighted by molar-refractivity contribution is 9.10. The largest absolute Gasteiger partial charge is 0.496 e. The number of methoxy groups -OCH3 is 1. The summed E-state index contributed by atoms with van der Waals surface area (Å²) in [6, 6.07) is 5.86. The molecule has 0 fully saturated rings. The lowest BCUT2D eigenvalue weighted by atomic mass is 10.0. The van der Waals surface area contributed by atoms with Crippen molar-refractivity contribution < 1.29 is 4.74 Å². The van der Waals surface area contributed by atoms with Crippen molar-refractivity contribution in [2.75, 3.05) is 7.11 Å². The normalized spacial score (nSPS) is 12.2. The zero-order valence-electron chi connectivity index (χ0n) is 8.16. The Morgan fingerprint density at radius 1 is 1.64 bits per heavy atom. The van der Waals surface area contributed by atoms with E-state index in [1.165, 1.54) is 0 Å². The van der Waals surface area contributed by atoms with Crippen LogP contribution in [0.3, 0.4) is 0 Å². The number of halogens is 1. The van der Waals surface area contributed by atoms with Gasteiger partial charge in [-0.15, -0.1) is 6.58 Å². The lowest BCUT2D eigenvalue weighted by Crippen LogP contribution is -2.08. The van der Waals surface area contributed by atoms with Crippen LogP contribution in [0, 0.1) is 0 Å². The molecule has 76 valence electrons. The van der Waals surface area contributed by atoms with Crippen molar-refractivity contribution in [1.29, 1.82) is 0 Å². The van der Waals surface area contributed by atoms with Gasteiger partial charge in [-0.25, -0.2) is 0 Å². The van der Waals surface area contributed by atoms with Crippen molar-refractivity contribution in [3.05, 3.63) is 40.9 Å². The van der Waals surface area contributed by atoms with E-state index in [9.17, 15) is 0 Å². The Morgan fingerprint density at radius 3 is 2.86 bits per heavy atom. The van der Waals surface area contributed by atoms with E-state index >= 15 is 0 Å². The smallest absolute Gasteiger partial charge is 0.133 e. The molecule has 0 saturated carbocycles. The van der Waals surface area contributed by atoms with Gasteiger partial charge in [-0.05, 0) is 40.0 Å². The molecule has 0 aromatic heterocycles. The maximum absolute atomic E-state index is 5.93. The predicted molar refractivity (Wildman–Crippen MR) is 62.4 cm³/mol. The third kappa shape index (κ3) is 2.59. The summed E-state index contributed by atoms with van der Waals surface area (Å²) in [7, 11) is 1.64. The fraction of sp³-hybridized carbons (Fsp3) is 0.273. The molecule has 1 atom stereocenters. The molecule has 0 spiro atoms. The van der Waals surface area contributed by atoms with Crippen molar-refractivity contribution in [3.8, 4) is 5.75 Å². The Kier molecular flexibility index (Phi) is 4.17. The summed E-state index contributed by atoms with van der Waals surface area (Å²) in [5.74, 6) is 0.819. The molecule has 1 rings (SSSR count). The molecule has 0 saturated heterocycles. The summed E-state index contributed by atoms with van der Waals surface area (Å²) in [6.07, 6.45) is 2.60. The molecule has 0 aliphatic carbocycles. The number of benzene rings is 1. The molecule has 0 radical (unpaired) electrons. The van der Waals surface area contributed by atoms with Gasteiger partial charge in [0.25, 0.3) is 0 Å². The Bertz CT molecular complexity index is 325. The van der Waals surface area contributed by atoms with Crippen LogP contribution in [-0.2, 0) is 0 Å². The monoisotopic (exact) mass is 255 g/mol. The number of ether oxygens (including phenoxy) is 1. The van der Waals surface area contributed by atoms with Crippen LogP contribution in [0.1, 0.15) is 18.0 Å². The molecule has 1 aromatic carbocycles. The summed E-state index contributed by atoms with van der Waals surface area (Å²) in [5, 5.41) is 0. The minimum atomic E-state index is 0.00899. The first kappa shape index (κ1) is 11.3. The molecule has 3 heteroatoms. The Morgan fingerprint density at radius 2 is 2.36 bits per heavy atom. The minimum absolute atomic E-state index is 0.00899. The maximum atomic E-state index is 5.93. The number of rotatable bonds is 4. The molecule has 0 aliphatic heterocycles. The molecular formula is C11H14BrNO. The fourth-order valence-corrected chi connectivity index (χ4v) is 1.79. The van der Waals surface area contributed by atoms with Gasteiger partial charge in [-0.1, -0.05) is 12.1 Å². The van der Waals surface area contributed by atoms with Crippen LogP contribution in [0.2, 0.25) is 0 Å². The molecule has 2 N–H and O–H groups in total. The standard InChI is InChI=1S/C11H14BrNO/c1-3-4-10(13)8-5-6-11(14-2)9(12)7-8/h3,5-7,10H,1,4,13H2,2H3/t10-/m1/s1.